The Hall–Kier alpha value is -1.05. The number of halogens is 1. The molecule has 0 aliphatic carbocycles. The minimum atomic E-state index is -2.88. The summed E-state index contributed by atoms with van der Waals surface area (Å²) < 4.78 is 35.9. The second kappa shape index (κ2) is 6.37. The van der Waals surface area contributed by atoms with Crippen molar-refractivity contribution in [3.05, 3.63) is 29.8 Å². The number of rotatable bonds is 5. The van der Waals surface area contributed by atoms with Crippen molar-refractivity contribution in [1.29, 1.82) is 0 Å². The van der Waals surface area contributed by atoms with Gasteiger partial charge in [-0.05, 0) is 31.5 Å². The van der Waals surface area contributed by atoms with Gasteiger partial charge in [-0.25, -0.2) is 12.8 Å². The third-order valence-corrected chi connectivity index (χ3v) is 5.86. The molecule has 2 N–H and O–H groups in total. The van der Waals surface area contributed by atoms with Crippen molar-refractivity contribution in [3.8, 4) is 0 Å². The van der Waals surface area contributed by atoms with Crippen molar-refractivity contribution >= 4 is 9.84 Å². The van der Waals surface area contributed by atoms with E-state index in [4.69, 9.17) is 5.73 Å². The zero-order valence-electron chi connectivity index (χ0n) is 12.4. The fourth-order valence-electron chi connectivity index (χ4n) is 2.72. The van der Waals surface area contributed by atoms with E-state index in [0.717, 1.165) is 6.20 Å². The molecule has 0 radical (unpaired) electrons. The summed E-state index contributed by atoms with van der Waals surface area (Å²) in [6.45, 7) is 2.68. The highest BCUT2D eigenvalue weighted by molar-refractivity contribution is 7.91. The van der Waals surface area contributed by atoms with Gasteiger partial charge in [-0.3, -0.25) is 4.98 Å². The van der Waals surface area contributed by atoms with E-state index in [0.29, 0.717) is 18.7 Å². The molecule has 0 amide bonds. The zero-order valence-corrected chi connectivity index (χ0v) is 13.2. The summed E-state index contributed by atoms with van der Waals surface area (Å²) in [6, 6.07) is 2.70. The monoisotopic (exact) mass is 315 g/mol. The number of nitrogens with two attached hydrogens (primary N) is 1. The highest BCUT2D eigenvalue weighted by Gasteiger charge is 2.31. The molecule has 1 fully saturated rings. The van der Waals surface area contributed by atoms with Gasteiger partial charge in [-0.15, -0.1) is 0 Å². The Morgan fingerprint density at radius 3 is 2.76 bits per heavy atom. The summed E-state index contributed by atoms with van der Waals surface area (Å²) in [4.78, 5) is 6.07. The number of nitrogens with zero attached hydrogens (tertiary/aromatic N) is 2. The average Bonchev–Trinajstić information content (AvgIpc) is 2.79. The Morgan fingerprint density at radius 1 is 1.52 bits per heavy atom. The van der Waals surface area contributed by atoms with Crippen LogP contribution in [0.5, 0.6) is 0 Å². The first-order valence-electron chi connectivity index (χ1n) is 7.06. The smallest absolute Gasteiger partial charge is 0.151 e. The van der Waals surface area contributed by atoms with Gasteiger partial charge in [0.25, 0.3) is 0 Å². The molecular formula is C14H22FN3O2S. The van der Waals surface area contributed by atoms with Gasteiger partial charge in [0.05, 0.1) is 29.4 Å². The Labute approximate surface area is 125 Å². The van der Waals surface area contributed by atoms with Crippen molar-refractivity contribution in [2.24, 2.45) is 11.7 Å². The second-order valence-corrected chi connectivity index (χ2v) is 8.13. The first-order chi connectivity index (χ1) is 9.78. The quantitative estimate of drug-likeness (QED) is 0.876. The first-order valence-corrected chi connectivity index (χ1v) is 8.88. The Bertz CT molecular complexity index is 576. The number of pyridine rings is 1. The SMILES string of the molecule is CC(CN(C)C1CCS(=O)(=O)C1)C(N)c1ccc(F)cn1. The summed E-state index contributed by atoms with van der Waals surface area (Å²) in [6.07, 6.45) is 1.84. The third kappa shape index (κ3) is 4.21. The van der Waals surface area contributed by atoms with Gasteiger partial charge in [-0.1, -0.05) is 6.92 Å². The van der Waals surface area contributed by atoms with Crippen LogP contribution in [0.25, 0.3) is 0 Å². The number of hydrogen-bond acceptors (Lipinski definition) is 5. The van der Waals surface area contributed by atoms with Gasteiger partial charge in [0, 0.05) is 12.6 Å². The summed E-state index contributed by atoms with van der Waals surface area (Å²) >= 11 is 0. The van der Waals surface area contributed by atoms with Crippen molar-refractivity contribution in [1.82, 2.24) is 9.88 Å². The fourth-order valence-corrected chi connectivity index (χ4v) is 4.52. The van der Waals surface area contributed by atoms with E-state index < -0.39 is 9.84 Å². The maximum absolute atomic E-state index is 12.9. The van der Waals surface area contributed by atoms with Crippen molar-refractivity contribution in [3.63, 3.8) is 0 Å². The lowest BCUT2D eigenvalue weighted by Gasteiger charge is -2.29. The molecule has 118 valence electrons. The van der Waals surface area contributed by atoms with Crippen LogP contribution in [0.1, 0.15) is 25.1 Å². The van der Waals surface area contributed by atoms with E-state index >= 15 is 0 Å². The third-order valence-electron chi connectivity index (χ3n) is 4.11. The molecule has 7 heteroatoms. The lowest BCUT2D eigenvalue weighted by Crippen LogP contribution is -2.38. The summed E-state index contributed by atoms with van der Waals surface area (Å²) in [7, 11) is -0.957. The van der Waals surface area contributed by atoms with Crippen LogP contribution in [0.15, 0.2) is 18.3 Å². The maximum atomic E-state index is 12.9. The van der Waals surface area contributed by atoms with Crippen LogP contribution in [-0.4, -0.2) is 49.4 Å². The van der Waals surface area contributed by atoms with Crippen molar-refractivity contribution in [2.45, 2.75) is 25.4 Å². The molecule has 1 aromatic rings. The topological polar surface area (TPSA) is 76.3 Å². The molecule has 3 atom stereocenters. The lowest BCUT2D eigenvalue weighted by molar-refractivity contribution is 0.213. The van der Waals surface area contributed by atoms with E-state index in [2.05, 4.69) is 9.88 Å². The van der Waals surface area contributed by atoms with Crippen LogP contribution < -0.4 is 5.73 Å². The first kappa shape index (κ1) is 16.3. The lowest BCUT2D eigenvalue weighted by atomic mass is 9.98. The largest absolute Gasteiger partial charge is 0.322 e. The molecule has 2 rings (SSSR count). The molecule has 2 heterocycles. The van der Waals surface area contributed by atoms with E-state index in [1.807, 2.05) is 14.0 Å². The summed E-state index contributed by atoms with van der Waals surface area (Å²) in [5.41, 5.74) is 6.81. The molecule has 0 spiro atoms. The van der Waals surface area contributed by atoms with E-state index in [9.17, 15) is 12.8 Å². The normalized spacial score (nSPS) is 24.1. The molecule has 21 heavy (non-hydrogen) atoms. The predicted octanol–water partition coefficient (Wildman–Crippen LogP) is 0.976. The standard InChI is InChI=1S/C14H22FN3O2S/c1-10(14(16)13-4-3-11(15)7-17-13)8-18(2)12-5-6-21(19,20)9-12/h3-4,7,10,12,14H,5-6,8-9,16H2,1-2H3. The van der Waals surface area contributed by atoms with Gasteiger partial charge >= 0.3 is 0 Å². The Kier molecular flexibility index (Phi) is 4.95. The highest BCUT2D eigenvalue weighted by atomic mass is 32.2. The minimum absolute atomic E-state index is 0.0610. The molecular weight excluding hydrogens is 293 g/mol. The molecule has 1 aliphatic rings. The maximum Gasteiger partial charge on any atom is 0.151 e. The second-order valence-electron chi connectivity index (χ2n) is 5.90. The van der Waals surface area contributed by atoms with Crippen LogP contribution in [-0.2, 0) is 9.84 Å². The van der Waals surface area contributed by atoms with E-state index in [-0.39, 0.29) is 35.3 Å². The average molecular weight is 315 g/mol. The Balaban J connectivity index is 1.94. The van der Waals surface area contributed by atoms with Gasteiger partial charge < -0.3 is 10.6 Å². The molecule has 0 bridgehead atoms. The highest BCUT2D eigenvalue weighted by Crippen LogP contribution is 2.22. The van der Waals surface area contributed by atoms with Gasteiger partial charge in [0.1, 0.15) is 5.82 Å². The van der Waals surface area contributed by atoms with Gasteiger partial charge in [0.2, 0.25) is 0 Å². The summed E-state index contributed by atoms with van der Waals surface area (Å²) in [5.74, 6) is 0.200. The van der Waals surface area contributed by atoms with Crippen LogP contribution in [0.4, 0.5) is 4.39 Å². The summed E-state index contributed by atoms with van der Waals surface area (Å²) in [5, 5.41) is 0. The number of hydrogen-bond donors (Lipinski definition) is 1. The molecule has 3 unspecified atom stereocenters. The van der Waals surface area contributed by atoms with Crippen LogP contribution >= 0.6 is 0 Å². The van der Waals surface area contributed by atoms with Crippen LogP contribution in [0.2, 0.25) is 0 Å². The van der Waals surface area contributed by atoms with Crippen LogP contribution in [0, 0.1) is 11.7 Å². The van der Waals surface area contributed by atoms with E-state index in [1.165, 1.54) is 6.07 Å². The van der Waals surface area contributed by atoms with Gasteiger partial charge in [0.15, 0.2) is 9.84 Å². The molecule has 1 aliphatic heterocycles. The van der Waals surface area contributed by atoms with Gasteiger partial charge in [-0.2, -0.15) is 0 Å². The zero-order chi connectivity index (χ0) is 15.6. The van der Waals surface area contributed by atoms with Crippen LogP contribution in [0.3, 0.4) is 0 Å². The molecule has 1 aromatic heterocycles. The van der Waals surface area contributed by atoms with Crippen molar-refractivity contribution < 1.29 is 12.8 Å². The molecule has 0 aromatic carbocycles. The van der Waals surface area contributed by atoms with Crippen molar-refractivity contribution in [2.75, 3.05) is 25.1 Å². The molecule has 5 nitrogen and oxygen atoms in total. The number of sulfone groups is 1. The van der Waals surface area contributed by atoms with E-state index in [1.54, 1.807) is 6.07 Å². The molecule has 0 saturated carbocycles. The Morgan fingerprint density at radius 2 is 2.24 bits per heavy atom. The minimum Gasteiger partial charge on any atom is -0.322 e. The predicted molar refractivity (Wildman–Crippen MR) is 80.0 cm³/mol. The molecule has 1 saturated heterocycles. The number of aromatic nitrogens is 1. The fraction of sp³-hybridized carbons (Fsp3) is 0.643.